The van der Waals surface area contributed by atoms with Crippen molar-refractivity contribution in [3.63, 3.8) is 0 Å². The maximum atomic E-state index is 13.0. The van der Waals surface area contributed by atoms with Crippen molar-refractivity contribution in [3.8, 4) is 0 Å². The number of hydrogen-bond donors (Lipinski definition) is 1. The van der Waals surface area contributed by atoms with Crippen molar-refractivity contribution < 1.29 is 4.79 Å². The minimum atomic E-state index is -0.112. The predicted molar refractivity (Wildman–Crippen MR) is 113 cm³/mol. The number of hydrogen-bond acceptors (Lipinski definition) is 7. The first kappa shape index (κ1) is 19.3. The number of carbonyl (C=O) groups excluding carboxylic acids is 1. The molecule has 0 saturated carbocycles. The Bertz CT molecular complexity index is 1040. The van der Waals surface area contributed by atoms with Crippen LogP contribution < -0.4 is 5.32 Å². The summed E-state index contributed by atoms with van der Waals surface area (Å²) in [5.41, 5.74) is 3.71. The van der Waals surface area contributed by atoms with E-state index in [1.54, 1.807) is 24.7 Å². The summed E-state index contributed by atoms with van der Waals surface area (Å²) >= 11 is 1.50. The fourth-order valence-electron chi connectivity index (χ4n) is 3.67. The fraction of sp³-hybridized carbons (Fsp3) is 0.350. The van der Waals surface area contributed by atoms with Gasteiger partial charge < -0.3 is 10.2 Å². The minimum Gasteiger partial charge on any atom is -0.330 e. The molecular weight excluding hydrogens is 386 g/mol. The standard InChI is InChI=1S/C20H23N7OS/c1-13-15(14(2)26(3)25-13)6-7-17(28)27-11-4-5-16(27)18-19(22-9-8-21-18)24-20-23-10-12-29-20/h6-10,12,16H,4-5,11H2,1-3H3,(H,22,23,24)/b7-6+/t16-/m1/s1. The van der Waals surface area contributed by atoms with Crippen LogP contribution in [0.4, 0.5) is 10.9 Å². The first-order chi connectivity index (χ1) is 14.0. The van der Waals surface area contributed by atoms with Crippen LogP contribution in [0, 0.1) is 13.8 Å². The van der Waals surface area contributed by atoms with Crippen molar-refractivity contribution in [1.29, 1.82) is 0 Å². The summed E-state index contributed by atoms with van der Waals surface area (Å²) < 4.78 is 1.83. The third-order valence-electron chi connectivity index (χ3n) is 5.19. The molecule has 9 heteroatoms. The van der Waals surface area contributed by atoms with Crippen LogP contribution in [0.2, 0.25) is 0 Å². The molecular formula is C20H23N7OS. The van der Waals surface area contributed by atoms with Crippen LogP contribution in [-0.2, 0) is 11.8 Å². The number of thiazole rings is 1. The number of anilines is 2. The molecule has 1 aliphatic rings. The van der Waals surface area contributed by atoms with Crippen molar-refractivity contribution in [1.82, 2.24) is 29.6 Å². The molecule has 29 heavy (non-hydrogen) atoms. The van der Waals surface area contributed by atoms with Crippen molar-refractivity contribution in [2.24, 2.45) is 7.05 Å². The Morgan fingerprint density at radius 3 is 2.79 bits per heavy atom. The van der Waals surface area contributed by atoms with Crippen LogP contribution in [0.25, 0.3) is 6.08 Å². The van der Waals surface area contributed by atoms with Crippen molar-refractivity contribution in [3.05, 3.63) is 52.7 Å². The molecule has 8 nitrogen and oxygen atoms in total. The van der Waals surface area contributed by atoms with E-state index in [9.17, 15) is 4.79 Å². The fourth-order valence-corrected chi connectivity index (χ4v) is 4.20. The Morgan fingerprint density at radius 2 is 2.07 bits per heavy atom. The van der Waals surface area contributed by atoms with Gasteiger partial charge in [-0.3, -0.25) is 14.5 Å². The van der Waals surface area contributed by atoms with Gasteiger partial charge in [-0.25, -0.2) is 9.97 Å². The highest BCUT2D eigenvalue weighted by atomic mass is 32.1. The molecule has 1 atom stereocenters. The van der Waals surface area contributed by atoms with E-state index >= 15 is 0 Å². The Labute approximate surface area is 173 Å². The van der Waals surface area contributed by atoms with Crippen LogP contribution >= 0.6 is 11.3 Å². The molecule has 0 unspecified atom stereocenters. The molecule has 1 N–H and O–H groups in total. The van der Waals surface area contributed by atoms with Gasteiger partial charge in [0.1, 0.15) is 5.69 Å². The lowest BCUT2D eigenvalue weighted by Gasteiger charge is -2.24. The molecule has 3 aromatic heterocycles. The zero-order chi connectivity index (χ0) is 20.4. The molecule has 0 spiro atoms. The van der Waals surface area contributed by atoms with E-state index in [2.05, 4.69) is 25.4 Å². The highest BCUT2D eigenvalue weighted by molar-refractivity contribution is 7.13. The lowest BCUT2D eigenvalue weighted by Crippen LogP contribution is -2.30. The SMILES string of the molecule is Cc1nn(C)c(C)c1/C=C/C(=O)N1CCC[C@@H]1c1nccnc1Nc1nccs1. The zero-order valence-electron chi connectivity index (χ0n) is 16.7. The maximum absolute atomic E-state index is 13.0. The van der Waals surface area contributed by atoms with Gasteiger partial charge in [0.2, 0.25) is 5.91 Å². The van der Waals surface area contributed by atoms with Crippen LogP contribution in [0.15, 0.2) is 30.0 Å². The number of carbonyl (C=O) groups is 1. The number of nitrogens with one attached hydrogen (secondary N) is 1. The lowest BCUT2D eigenvalue weighted by atomic mass is 10.1. The van der Waals surface area contributed by atoms with E-state index < -0.39 is 0 Å². The lowest BCUT2D eigenvalue weighted by molar-refractivity contribution is -0.126. The van der Waals surface area contributed by atoms with Crippen LogP contribution in [-0.4, -0.2) is 42.1 Å². The highest BCUT2D eigenvalue weighted by Gasteiger charge is 2.32. The molecule has 4 rings (SSSR count). The molecule has 1 amide bonds. The molecule has 0 aromatic carbocycles. The highest BCUT2D eigenvalue weighted by Crippen LogP contribution is 2.35. The second kappa shape index (κ2) is 8.12. The van der Waals surface area contributed by atoms with Gasteiger partial charge >= 0.3 is 0 Å². The zero-order valence-corrected chi connectivity index (χ0v) is 17.5. The monoisotopic (exact) mass is 409 g/mol. The van der Waals surface area contributed by atoms with Crippen molar-refractivity contribution in [2.75, 3.05) is 11.9 Å². The van der Waals surface area contributed by atoms with Gasteiger partial charge in [-0.05, 0) is 32.8 Å². The summed E-state index contributed by atoms with van der Waals surface area (Å²) in [4.78, 5) is 28.1. The number of rotatable bonds is 5. The number of amides is 1. The van der Waals surface area contributed by atoms with Gasteiger partial charge in [-0.2, -0.15) is 5.10 Å². The maximum Gasteiger partial charge on any atom is 0.247 e. The second-order valence-electron chi connectivity index (χ2n) is 6.98. The van der Waals surface area contributed by atoms with Crippen molar-refractivity contribution in [2.45, 2.75) is 32.7 Å². The van der Waals surface area contributed by atoms with E-state index in [-0.39, 0.29) is 11.9 Å². The van der Waals surface area contributed by atoms with Gasteiger partial charge in [0, 0.05) is 54.9 Å². The minimum absolute atomic E-state index is 0.0268. The van der Waals surface area contributed by atoms with Gasteiger partial charge in [0.25, 0.3) is 0 Å². The van der Waals surface area contributed by atoms with Crippen LogP contribution in [0.1, 0.15) is 41.5 Å². The van der Waals surface area contributed by atoms with Crippen LogP contribution in [0.3, 0.4) is 0 Å². The predicted octanol–water partition coefficient (Wildman–Crippen LogP) is 3.40. The Morgan fingerprint density at radius 1 is 1.24 bits per heavy atom. The molecule has 0 bridgehead atoms. The third-order valence-corrected chi connectivity index (χ3v) is 5.88. The summed E-state index contributed by atoms with van der Waals surface area (Å²) in [6, 6.07) is -0.112. The first-order valence-electron chi connectivity index (χ1n) is 9.51. The number of aromatic nitrogens is 5. The first-order valence-corrected chi connectivity index (χ1v) is 10.4. The molecule has 0 aliphatic carbocycles. The second-order valence-corrected chi connectivity index (χ2v) is 7.88. The van der Waals surface area contributed by atoms with Gasteiger partial charge in [-0.15, -0.1) is 11.3 Å². The largest absolute Gasteiger partial charge is 0.330 e. The number of likely N-dealkylation sites (tertiary alicyclic amines) is 1. The molecule has 1 aliphatic heterocycles. The summed E-state index contributed by atoms with van der Waals surface area (Å²) in [5, 5.41) is 10.3. The number of aryl methyl sites for hydroxylation is 2. The summed E-state index contributed by atoms with van der Waals surface area (Å²) in [6.45, 7) is 4.65. The van der Waals surface area contributed by atoms with Gasteiger partial charge in [-0.1, -0.05) is 0 Å². The summed E-state index contributed by atoms with van der Waals surface area (Å²) in [6.07, 6.45) is 10.3. The average Bonchev–Trinajstić information content (AvgIpc) is 3.44. The Kier molecular flexibility index (Phi) is 5.39. The average molecular weight is 410 g/mol. The van der Waals surface area contributed by atoms with E-state index in [0.29, 0.717) is 12.4 Å². The smallest absolute Gasteiger partial charge is 0.247 e. The summed E-state index contributed by atoms with van der Waals surface area (Å²) in [5.74, 6) is 0.621. The molecule has 3 aromatic rings. The molecule has 150 valence electrons. The Balaban J connectivity index is 1.57. The quantitative estimate of drug-likeness (QED) is 0.650. The summed E-state index contributed by atoms with van der Waals surface area (Å²) in [7, 11) is 1.91. The van der Waals surface area contributed by atoms with E-state index in [1.807, 2.05) is 41.9 Å². The molecule has 1 saturated heterocycles. The van der Waals surface area contributed by atoms with E-state index in [1.165, 1.54) is 11.3 Å². The normalized spacial score (nSPS) is 16.7. The van der Waals surface area contributed by atoms with Gasteiger partial charge in [0.05, 0.1) is 11.7 Å². The molecule has 0 radical (unpaired) electrons. The van der Waals surface area contributed by atoms with Gasteiger partial charge in [0.15, 0.2) is 10.9 Å². The van der Waals surface area contributed by atoms with Crippen LogP contribution in [0.5, 0.6) is 0 Å². The Hall–Kier alpha value is -3.07. The third kappa shape index (κ3) is 3.91. The van der Waals surface area contributed by atoms with Crippen molar-refractivity contribution >= 4 is 34.3 Å². The molecule has 4 heterocycles. The van der Waals surface area contributed by atoms with E-state index in [0.717, 1.165) is 40.6 Å². The molecule has 1 fully saturated rings. The van der Waals surface area contributed by atoms with E-state index in [4.69, 9.17) is 0 Å². The number of nitrogens with zero attached hydrogens (tertiary/aromatic N) is 6. The topological polar surface area (TPSA) is 88.8 Å².